The Bertz CT molecular complexity index is 373. The molecule has 0 bridgehead atoms. The number of benzene rings is 1. The second-order valence-corrected chi connectivity index (χ2v) is 4.78. The highest BCUT2D eigenvalue weighted by atomic mass is 16.1. The summed E-state index contributed by atoms with van der Waals surface area (Å²) in [4.78, 5) is 12.8. The lowest BCUT2D eigenvalue weighted by atomic mass is 10.1. The van der Waals surface area contributed by atoms with Gasteiger partial charge in [-0.2, -0.15) is 0 Å². The Labute approximate surface area is 117 Å². The van der Waals surface area contributed by atoms with Crippen LogP contribution >= 0.6 is 0 Å². The summed E-state index contributed by atoms with van der Waals surface area (Å²) in [6.07, 6.45) is 9.08. The number of allylic oxidation sites excluding steroid dienone is 1. The van der Waals surface area contributed by atoms with E-state index < -0.39 is 0 Å². The molecule has 0 aliphatic rings. The van der Waals surface area contributed by atoms with Crippen LogP contribution in [0.5, 0.6) is 0 Å². The van der Waals surface area contributed by atoms with E-state index in [-0.39, 0.29) is 0 Å². The molecule has 2 heteroatoms. The first-order valence-electron chi connectivity index (χ1n) is 7.28. The summed E-state index contributed by atoms with van der Waals surface area (Å²) in [5, 5.41) is 0. The first-order chi connectivity index (χ1) is 9.31. The highest BCUT2D eigenvalue weighted by molar-refractivity contribution is 5.74. The summed E-state index contributed by atoms with van der Waals surface area (Å²) in [7, 11) is 0. The summed E-state index contributed by atoms with van der Waals surface area (Å²) in [6, 6.07) is 8.44. The fraction of sp³-hybridized carbons (Fsp3) is 0.471. The van der Waals surface area contributed by atoms with Gasteiger partial charge in [-0.15, -0.1) is 0 Å². The highest BCUT2D eigenvalue weighted by Gasteiger charge is 2.04. The van der Waals surface area contributed by atoms with E-state index in [1.165, 1.54) is 37.4 Å². The van der Waals surface area contributed by atoms with Crippen LogP contribution in [0.15, 0.2) is 30.3 Å². The molecule has 1 rings (SSSR count). The molecule has 104 valence electrons. The van der Waals surface area contributed by atoms with E-state index in [1.54, 1.807) is 0 Å². The van der Waals surface area contributed by atoms with Crippen LogP contribution in [0, 0.1) is 0 Å². The second kappa shape index (κ2) is 9.37. The zero-order valence-electron chi connectivity index (χ0n) is 12.1. The fourth-order valence-corrected chi connectivity index (χ4v) is 2.01. The standard InChI is InChI=1S/C17H25NO/c1-3-5-13-18(14-6-4-2)17-11-9-16(10-12-17)8-7-15-19/h7-12,15H,3-6,13-14H2,1-2H3. The Morgan fingerprint density at radius 2 is 1.58 bits per heavy atom. The Balaban J connectivity index is 2.71. The number of carbonyl (C=O) groups is 1. The molecule has 19 heavy (non-hydrogen) atoms. The van der Waals surface area contributed by atoms with Gasteiger partial charge in [-0.1, -0.05) is 44.9 Å². The monoisotopic (exact) mass is 259 g/mol. The number of carbonyl (C=O) groups excluding carboxylic acids is 1. The zero-order chi connectivity index (χ0) is 13.9. The summed E-state index contributed by atoms with van der Waals surface area (Å²) in [5.74, 6) is 0. The first-order valence-corrected chi connectivity index (χ1v) is 7.28. The quantitative estimate of drug-likeness (QED) is 0.486. The minimum atomic E-state index is 0.808. The molecule has 0 spiro atoms. The van der Waals surface area contributed by atoms with Crippen molar-refractivity contribution in [3.8, 4) is 0 Å². The Kier molecular flexibility index (Phi) is 7.64. The summed E-state index contributed by atoms with van der Waals surface area (Å²) in [6.45, 7) is 6.71. The number of anilines is 1. The lowest BCUT2D eigenvalue weighted by Crippen LogP contribution is -2.25. The van der Waals surface area contributed by atoms with Crippen molar-refractivity contribution in [2.75, 3.05) is 18.0 Å². The second-order valence-electron chi connectivity index (χ2n) is 4.78. The third-order valence-electron chi connectivity index (χ3n) is 3.19. The summed E-state index contributed by atoms with van der Waals surface area (Å²) in [5.41, 5.74) is 2.35. The van der Waals surface area contributed by atoms with Crippen molar-refractivity contribution in [2.45, 2.75) is 39.5 Å². The zero-order valence-corrected chi connectivity index (χ0v) is 12.1. The third-order valence-corrected chi connectivity index (χ3v) is 3.19. The smallest absolute Gasteiger partial charge is 0.142 e. The van der Waals surface area contributed by atoms with Crippen LogP contribution in [-0.4, -0.2) is 19.4 Å². The van der Waals surface area contributed by atoms with E-state index in [2.05, 4.69) is 43.0 Å². The van der Waals surface area contributed by atoms with Gasteiger partial charge in [0.15, 0.2) is 0 Å². The average molecular weight is 259 g/mol. The molecule has 0 aliphatic heterocycles. The lowest BCUT2D eigenvalue weighted by molar-refractivity contribution is -0.104. The molecule has 0 amide bonds. The van der Waals surface area contributed by atoms with E-state index in [9.17, 15) is 4.79 Å². The van der Waals surface area contributed by atoms with E-state index in [0.29, 0.717) is 0 Å². The first kappa shape index (κ1) is 15.5. The SMILES string of the molecule is CCCCN(CCCC)c1ccc(C=CC=O)cc1. The molecular weight excluding hydrogens is 234 g/mol. The predicted octanol–water partition coefficient (Wildman–Crippen LogP) is 4.31. The molecule has 0 unspecified atom stereocenters. The van der Waals surface area contributed by atoms with Gasteiger partial charge < -0.3 is 4.90 Å². The van der Waals surface area contributed by atoms with E-state index in [0.717, 1.165) is 24.9 Å². The number of aldehydes is 1. The van der Waals surface area contributed by atoms with Crippen molar-refractivity contribution in [3.63, 3.8) is 0 Å². The van der Waals surface area contributed by atoms with Gasteiger partial charge in [0.2, 0.25) is 0 Å². The number of hydrogen-bond acceptors (Lipinski definition) is 2. The van der Waals surface area contributed by atoms with E-state index in [1.807, 2.05) is 6.08 Å². The van der Waals surface area contributed by atoms with Crippen LogP contribution in [0.25, 0.3) is 6.08 Å². The Hall–Kier alpha value is -1.57. The average Bonchev–Trinajstić information content (AvgIpc) is 2.46. The van der Waals surface area contributed by atoms with Gasteiger partial charge in [0, 0.05) is 18.8 Å². The normalized spacial score (nSPS) is 10.8. The van der Waals surface area contributed by atoms with Crippen LogP contribution < -0.4 is 4.90 Å². The minimum Gasteiger partial charge on any atom is -0.372 e. The van der Waals surface area contributed by atoms with Crippen molar-refractivity contribution in [3.05, 3.63) is 35.9 Å². The van der Waals surface area contributed by atoms with Gasteiger partial charge in [-0.25, -0.2) is 0 Å². The molecule has 1 aromatic rings. The lowest BCUT2D eigenvalue weighted by Gasteiger charge is -2.24. The number of nitrogens with zero attached hydrogens (tertiary/aromatic N) is 1. The van der Waals surface area contributed by atoms with Gasteiger partial charge in [0.25, 0.3) is 0 Å². The molecule has 0 aliphatic carbocycles. The van der Waals surface area contributed by atoms with Crippen LogP contribution in [0.1, 0.15) is 45.1 Å². The predicted molar refractivity (Wildman–Crippen MR) is 83.6 cm³/mol. The molecule has 1 aromatic carbocycles. The van der Waals surface area contributed by atoms with Gasteiger partial charge in [0.1, 0.15) is 6.29 Å². The topological polar surface area (TPSA) is 20.3 Å². The summed E-state index contributed by atoms with van der Waals surface area (Å²) >= 11 is 0. The molecule has 0 fully saturated rings. The number of hydrogen-bond donors (Lipinski definition) is 0. The number of unbranched alkanes of at least 4 members (excludes halogenated alkanes) is 2. The van der Waals surface area contributed by atoms with Crippen LogP contribution in [-0.2, 0) is 4.79 Å². The minimum absolute atomic E-state index is 0.808. The van der Waals surface area contributed by atoms with Crippen LogP contribution in [0.2, 0.25) is 0 Å². The van der Waals surface area contributed by atoms with E-state index >= 15 is 0 Å². The van der Waals surface area contributed by atoms with Gasteiger partial charge >= 0.3 is 0 Å². The fourth-order valence-electron chi connectivity index (χ4n) is 2.01. The highest BCUT2D eigenvalue weighted by Crippen LogP contribution is 2.17. The molecule has 0 aromatic heterocycles. The maximum absolute atomic E-state index is 10.3. The van der Waals surface area contributed by atoms with Crippen molar-refractivity contribution in [1.29, 1.82) is 0 Å². The van der Waals surface area contributed by atoms with Gasteiger partial charge in [-0.05, 0) is 36.6 Å². The molecule has 2 nitrogen and oxygen atoms in total. The molecule has 0 saturated carbocycles. The van der Waals surface area contributed by atoms with Crippen LogP contribution in [0.3, 0.4) is 0 Å². The Morgan fingerprint density at radius 1 is 1.00 bits per heavy atom. The van der Waals surface area contributed by atoms with Crippen LogP contribution in [0.4, 0.5) is 5.69 Å². The molecule has 0 saturated heterocycles. The molecular formula is C17H25NO. The van der Waals surface area contributed by atoms with Gasteiger partial charge in [-0.3, -0.25) is 4.79 Å². The molecule has 0 radical (unpaired) electrons. The molecule has 0 heterocycles. The maximum atomic E-state index is 10.3. The molecule has 0 atom stereocenters. The van der Waals surface area contributed by atoms with Crippen molar-refractivity contribution in [2.24, 2.45) is 0 Å². The van der Waals surface area contributed by atoms with Crippen molar-refractivity contribution >= 4 is 18.0 Å². The van der Waals surface area contributed by atoms with Crippen molar-refractivity contribution in [1.82, 2.24) is 0 Å². The Morgan fingerprint density at radius 3 is 2.05 bits per heavy atom. The largest absolute Gasteiger partial charge is 0.372 e. The molecule has 0 N–H and O–H groups in total. The van der Waals surface area contributed by atoms with Gasteiger partial charge in [0.05, 0.1) is 0 Å². The maximum Gasteiger partial charge on any atom is 0.142 e. The third kappa shape index (κ3) is 5.73. The van der Waals surface area contributed by atoms with Crippen molar-refractivity contribution < 1.29 is 4.79 Å². The summed E-state index contributed by atoms with van der Waals surface area (Å²) < 4.78 is 0. The number of rotatable bonds is 9. The van der Waals surface area contributed by atoms with E-state index in [4.69, 9.17) is 0 Å².